The van der Waals surface area contributed by atoms with E-state index in [1.807, 2.05) is 0 Å². The molecule has 0 aromatic rings. The van der Waals surface area contributed by atoms with Crippen molar-refractivity contribution in [3.63, 3.8) is 0 Å². The van der Waals surface area contributed by atoms with Gasteiger partial charge in [-0.2, -0.15) is 0 Å². The molecule has 0 atom stereocenters. The molecule has 1 heteroatoms. The smallest absolute Gasteiger partial charge is 0.0575 e. The van der Waals surface area contributed by atoms with Crippen LogP contribution in [0.25, 0.3) is 0 Å². The lowest BCUT2D eigenvalue weighted by molar-refractivity contribution is 0.0142. The van der Waals surface area contributed by atoms with Crippen LogP contribution in [0.4, 0.5) is 0 Å². The summed E-state index contributed by atoms with van der Waals surface area (Å²) in [6.45, 7) is 5.17. The highest BCUT2D eigenvalue weighted by molar-refractivity contribution is 4.90. The molecule has 1 nitrogen and oxygen atoms in total. The Hall–Kier alpha value is -0.300. The second-order valence-corrected chi connectivity index (χ2v) is 6.19. The minimum atomic E-state index is 0.575. The van der Waals surface area contributed by atoms with Crippen LogP contribution in [0.15, 0.2) is 12.2 Å². The van der Waals surface area contributed by atoms with E-state index in [-0.39, 0.29) is 0 Å². The molecule has 104 valence electrons. The van der Waals surface area contributed by atoms with Crippen molar-refractivity contribution in [1.82, 2.24) is 0 Å². The van der Waals surface area contributed by atoms with E-state index in [4.69, 9.17) is 4.74 Å². The van der Waals surface area contributed by atoms with Gasteiger partial charge in [-0.25, -0.2) is 0 Å². The van der Waals surface area contributed by atoms with Crippen LogP contribution >= 0.6 is 0 Å². The Morgan fingerprint density at radius 1 is 0.889 bits per heavy atom. The minimum Gasteiger partial charge on any atom is -0.379 e. The topological polar surface area (TPSA) is 9.23 Å². The standard InChI is InChI=1S/C17H30O/c1-3-5-14-6-8-15(9-7-14)16-10-12-17(13-11-16)18-4-2/h3,5,14-17H,4,6-13H2,1-2H3/t14-,15-,16-,17-. The highest BCUT2D eigenvalue weighted by atomic mass is 16.5. The number of hydrogen-bond donors (Lipinski definition) is 0. The number of allylic oxidation sites excluding steroid dienone is 2. The summed E-state index contributed by atoms with van der Waals surface area (Å²) in [4.78, 5) is 0. The molecular weight excluding hydrogens is 220 g/mol. The van der Waals surface area contributed by atoms with Crippen molar-refractivity contribution in [1.29, 1.82) is 0 Å². The van der Waals surface area contributed by atoms with Gasteiger partial charge in [0, 0.05) is 6.61 Å². The molecule has 2 aliphatic carbocycles. The molecule has 2 fully saturated rings. The highest BCUT2D eigenvalue weighted by Gasteiger charge is 2.30. The Bertz CT molecular complexity index is 242. The van der Waals surface area contributed by atoms with Crippen LogP contribution in [0.5, 0.6) is 0 Å². The molecule has 0 spiro atoms. The lowest BCUT2D eigenvalue weighted by Crippen LogP contribution is -2.28. The number of ether oxygens (including phenoxy) is 1. The Balaban J connectivity index is 1.71. The molecule has 0 aromatic carbocycles. The van der Waals surface area contributed by atoms with Crippen LogP contribution in [0, 0.1) is 17.8 Å². The third kappa shape index (κ3) is 3.85. The van der Waals surface area contributed by atoms with E-state index in [9.17, 15) is 0 Å². The van der Waals surface area contributed by atoms with Gasteiger partial charge >= 0.3 is 0 Å². The predicted molar refractivity (Wildman–Crippen MR) is 77.6 cm³/mol. The van der Waals surface area contributed by atoms with Gasteiger partial charge in [-0.3, -0.25) is 0 Å². The second kappa shape index (κ2) is 7.33. The van der Waals surface area contributed by atoms with Crippen LogP contribution in [-0.4, -0.2) is 12.7 Å². The van der Waals surface area contributed by atoms with Crippen LogP contribution in [0.1, 0.15) is 65.2 Å². The molecule has 0 aliphatic heterocycles. The minimum absolute atomic E-state index is 0.575. The van der Waals surface area contributed by atoms with E-state index in [0.717, 1.165) is 24.4 Å². The lowest BCUT2D eigenvalue weighted by Gasteiger charge is -2.37. The lowest BCUT2D eigenvalue weighted by atomic mass is 9.70. The molecule has 2 rings (SSSR count). The van der Waals surface area contributed by atoms with Gasteiger partial charge in [0.2, 0.25) is 0 Å². The predicted octanol–water partition coefficient (Wildman–Crippen LogP) is 4.96. The zero-order chi connectivity index (χ0) is 12.8. The molecule has 2 aliphatic rings. The fraction of sp³-hybridized carbons (Fsp3) is 0.882. The van der Waals surface area contributed by atoms with Crippen LogP contribution in [0.3, 0.4) is 0 Å². The van der Waals surface area contributed by atoms with Gasteiger partial charge in [-0.15, -0.1) is 0 Å². The molecule has 0 aromatic heterocycles. The second-order valence-electron chi connectivity index (χ2n) is 6.19. The van der Waals surface area contributed by atoms with Crippen molar-refractivity contribution in [2.45, 2.75) is 71.3 Å². The van der Waals surface area contributed by atoms with Crippen molar-refractivity contribution in [2.75, 3.05) is 6.61 Å². The molecular formula is C17H30O. The Labute approximate surface area is 113 Å². The fourth-order valence-corrected chi connectivity index (χ4v) is 4.04. The first-order valence-corrected chi connectivity index (χ1v) is 8.07. The summed E-state index contributed by atoms with van der Waals surface area (Å²) in [5.74, 6) is 2.91. The first-order valence-electron chi connectivity index (χ1n) is 8.07. The van der Waals surface area contributed by atoms with Gasteiger partial charge in [0.15, 0.2) is 0 Å². The monoisotopic (exact) mass is 250 g/mol. The summed E-state index contributed by atoms with van der Waals surface area (Å²) in [6.07, 6.45) is 16.5. The SMILES string of the molecule is CC=C[C@H]1CC[C@H]([C@H]2CC[C@H](OCC)CC2)CC1. The molecule has 0 radical (unpaired) electrons. The Morgan fingerprint density at radius 3 is 1.94 bits per heavy atom. The van der Waals surface area contributed by atoms with E-state index in [1.165, 1.54) is 51.4 Å². The first-order chi connectivity index (χ1) is 8.83. The van der Waals surface area contributed by atoms with Gasteiger partial charge in [0.25, 0.3) is 0 Å². The van der Waals surface area contributed by atoms with Crippen LogP contribution in [0.2, 0.25) is 0 Å². The van der Waals surface area contributed by atoms with E-state index < -0.39 is 0 Å². The molecule has 0 N–H and O–H groups in total. The van der Waals surface area contributed by atoms with Crippen molar-refractivity contribution in [3.8, 4) is 0 Å². The van der Waals surface area contributed by atoms with E-state index >= 15 is 0 Å². The van der Waals surface area contributed by atoms with Crippen LogP contribution < -0.4 is 0 Å². The van der Waals surface area contributed by atoms with Gasteiger partial charge < -0.3 is 4.74 Å². The van der Waals surface area contributed by atoms with Gasteiger partial charge in [-0.1, -0.05) is 12.2 Å². The zero-order valence-corrected chi connectivity index (χ0v) is 12.2. The van der Waals surface area contributed by atoms with Gasteiger partial charge in [-0.05, 0) is 83.0 Å². The highest BCUT2D eigenvalue weighted by Crippen LogP contribution is 2.40. The normalized spacial score (nSPS) is 38.1. The fourth-order valence-electron chi connectivity index (χ4n) is 4.04. The number of rotatable bonds is 4. The molecule has 0 amide bonds. The summed E-state index contributed by atoms with van der Waals surface area (Å²) in [7, 11) is 0. The largest absolute Gasteiger partial charge is 0.379 e. The van der Waals surface area contributed by atoms with Gasteiger partial charge in [0.05, 0.1) is 6.10 Å². The van der Waals surface area contributed by atoms with E-state index in [2.05, 4.69) is 26.0 Å². The van der Waals surface area contributed by atoms with Crippen molar-refractivity contribution in [3.05, 3.63) is 12.2 Å². The van der Waals surface area contributed by atoms with Crippen molar-refractivity contribution >= 4 is 0 Å². The third-order valence-corrected chi connectivity index (χ3v) is 5.07. The molecule has 2 saturated carbocycles. The van der Waals surface area contributed by atoms with Gasteiger partial charge in [0.1, 0.15) is 0 Å². The molecule has 0 saturated heterocycles. The quantitative estimate of drug-likeness (QED) is 0.640. The molecule has 0 heterocycles. The van der Waals surface area contributed by atoms with Crippen molar-refractivity contribution in [2.24, 2.45) is 17.8 Å². The molecule has 0 unspecified atom stereocenters. The maximum absolute atomic E-state index is 5.76. The third-order valence-electron chi connectivity index (χ3n) is 5.07. The average molecular weight is 250 g/mol. The van der Waals surface area contributed by atoms with E-state index in [0.29, 0.717) is 6.10 Å². The summed E-state index contributed by atoms with van der Waals surface area (Å²) in [5.41, 5.74) is 0. The summed E-state index contributed by atoms with van der Waals surface area (Å²) >= 11 is 0. The van der Waals surface area contributed by atoms with Crippen molar-refractivity contribution < 1.29 is 4.74 Å². The molecule has 18 heavy (non-hydrogen) atoms. The van der Waals surface area contributed by atoms with Crippen LogP contribution in [-0.2, 0) is 4.74 Å². The zero-order valence-electron chi connectivity index (χ0n) is 12.2. The Kier molecular flexibility index (Phi) is 5.75. The average Bonchev–Trinajstić information content (AvgIpc) is 2.41. The Morgan fingerprint density at radius 2 is 1.44 bits per heavy atom. The maximum atomic E-state index is 5.76. The summed E-state index contributed by atoms with van der Waals surface area (Å²) in [5, 5.41) is 0. The maximum Gasteiger partial charge on any atom is 0.0575 e. The first kappa shape index (κ1) is 14.1. The number of hydrogen-bond acceptors (Lipinski definition) is 1. The summed E-state index contributed by atoms with van der Waals surface area (Å²) < 4.78 is 5.76. The molecule has 0 bridgehead atoms. The summed E-state index contributed by atoms with van der Waals surface area (Å²) in [6, 6.07) is 0. The van der Waals surface area contributed by atoms with E-state index in [1.54, 1.807) is 0 Å².